The first kappa shape index (κ1) is 3.85. The van der Waals surface area contributed by atoms with E-state index >= 15 is 0 Å². The average molecular weight is 110 g/mol. The Morgan fingerprint density at radius 2 is 2.12 bits per heavy atom. The van der Waals surface area contributed by atoms with Gasteiger partial charge in [0, 0.05) is 25.2 Å². The van der Waals surface area contributed by atoms with Gasteiger partial charge < -0.3 is 10.6 Å². The first-order valence-electron chi connectivity index (χ1n) is 3.43. The number of hydrogen-bond donors (Lipinski definition) is 2. The molecule has 2 saturated heterocycles. The predicted molar refractivity (Wildman–Crippen MR) is 30.6 cm³/mol. The summed E-state index contributed by atoms with van der Waals surface area (Å²) in [5.41, 5.74) is 0. The van der Waals surface area contributed by atoms with Crippen LogP contribution in [0.3, 0.4) is 0 Å². The van der Waals surface area contributed by atoms with Crippen LogP contribution in [0.15, 0.2) is 0 Å². The van der Waals surface area contributed by atoms with Gasteiger partial charge in [-0.25, -0.2) is 0 Å². The molecule has 0 aromatic rings. The van der Waals surface area contributed by atoms with E-state index in [1.165, 1.54) is 13.1 Å². The van der Waals surface area contributed by atoms with Crippen LogP contribution in [0.1, 0.15) is 0 Å². The topological polar surface area (TPSA) is 24.1 Å². The summed E-state index contributed by atoms with van der Waals surface area (Å²) in [6.07, 6.45) is 0. The summed E-state index contributed by atoms with van der Waals surface area (Å²) >= 11 is 0. The van der Waals surface area contributed by atoms with Crippen LogP contribution in [0.25, 0.3) is 0 Å². The first-order valence-corrected chi connectivity index (χ1v) is 3.43. The summed E-state index contributed by atoms with van der Waals surface area (Å²) in [4.78, 5) is 0. The minimum Gasteiger partial charge on any atom is -0.312 e. The molecule has 2 aliphatic heterocycles. The molecule has 1 saturated carbocycles. The molecule has 8 heavy (non-hydrogen) atoms. The smallest absolute Gasteiger partial charge is 0.0239 e. The van der Waals surface area contributed by atoms with Gasteiger partial charge in [0.05, 0.1) is 0 Å². The van der Waals surface area contributed by atoms with E-state index in [2.05, 4.69) is 10.6 Å². The Morgan fingerprint density at radius 3 is 2.75 bits per heavy atom. The van der Waals surface area contributed by atoms with Gasteiger partial charge in [0.25, 0.3) is 0 Å². The highest BCUT2D eigenvalue weighted by molar-refractivity contribution is 5.19. The number of fused-ring (bicyclic) bond motifs is 1. The molecule has 4 atom stereocenters. The molecule has 3 aliphatic rings. The van der Waals surface area contributed by atoms with Crippen molar-refractivity contribution in [2.24, 2.45) is 11.8 Å². The summed E-state index contributed by atoms with van der Waals surface area (Å²) in [6.45, 7) is 2.51. The fourth-order valence-corrected chi connectivity index (χ4v) is 2.39. The van der Waals surface area contributed by atoms with Gasteiger partial charge >= 0.3 is 0 Å². The third-order valence-electron chi connectivity index (χ3n) is 2.88. The Hall–Kier alpha value is -0.0800. The zero-order valence-corrected chi connectivity index (χ0v) is 4.72. The molecule has 3 fully saturated rings. The van der Waals surface area contributed by atoms with Crippen LogP contribution >= 0.6 is 0 Å². The van der Waals surface area contributed by atoms with Crippen molar-refractivity contribution < 1.29 is 0 Å². The van der Waals surface area contributed by atoms with Crippen LogP contribution in [-0.2, 0) is 0 Å². The van der Waals surface area contributed by atoms with E-state index < -0.39 is 0 Å². The minimum absolute atomic E-state index is 0.852. The van der Waals surface area contributed by atoms with Crippen molar-refractivity contribution in [1.29, 1.82) is 0 Å². The molecular weight excluding hydrogens is 100 g/mol. The maximum atomic E-state index is 3.49. The number of piperidine rings is 2. The molecule has 0 aromatic heterocycles. The molecule has 0 bridgehead atoms. The number of rotatable bonds is 0. The highest BCUT2D eigenvalue weighted by atomic mass is 15.2. The van der Waals surface area contributed by atoms with Crippen LogP contribution < -0.4 is 10.6 Å². The van der Waals surface area contributed by atoms with Gasteiger partial charge in [0.15, 0.2) is 0 Å². The molecule has 2 heteroatoms. The highest BCUT2D eigenvalue weighted by Gasteiger charge is 2.61. The summed E-state index contributed by atoms with van der Waals surface area (Å²) in [5, 5.41) is 6.98. The summed E-state index contributed by atoms with van der Waals surface area (Å²) in [7, 11) is 0. The lowest BCUT2D eigenvalue weighted by atomic mass is 10.2. The van der Waals surface area contributed by atoms with E-state index in [-0.39, 0.29) is 0 Å². The Kier molecular flexibility index (Phi) is 0.461. The van der Waals surface area contributed by atoms with Crippen molar-refractivity contribution in [1.82, 2.24) is 10.6 Å². The van der Waals surface area contributed by atoms with Gasteiger partial charge in [0.2, 0.25) is 0 Å². The Bertz CT molecular complexity index is 120. The second-order valence-corrected chi connectivity index (χ2v) is 3.19. The van der Waals surface area contributed by atoms with E-state index in [0.717, 1.165) is 23.9 Å². The van der Waals surface area contributed by atoms with Gasteiger partial charge in [-0.1, -0.05) is 0 Å². The van der Waals surface area contributed by atoms with Gasteiger partial charge in [-0.05, 0) is 11.8 Å². The molecule has 0 aromatic carbocycles. The molecular formula is C6H10N2. The third kappa shape index (κ3) is 0.250. The molecule has 3 rings (SSSR count). The Labute approximate surface area is 48.6 Å². The first-order chi connectivity index (χ1) is 3.97. The Balaban J connectivity index is 2.02. The summed E-state index contributed by atoms with van der Waals surface area (Å²) in [6, 6.07) is 1.78. The Morgan fingerprint density at radius 1 is 1.12 bits per heavy atom. The summed E-state index contributed by atoms with van der Waals surface area (Å²) in [5.74, 6) is 2.06. The minimum atomic E-state index is 0.852. The lowest BCUT2D eigenvalue weighted by Gasteiger charge is -2.01. The molecule has 2 heterocycles. The van der Waals surface area contributed by atoms with E-state index in [9.17, 15) is 0 Å². The molecule has 2 nitrogen and oxygen atoms in total. The third-order valence-corrected chi connectivity index (χ3v) is 2.88. The largest absolute Gasteiger partial charge is 0.312 e. The van der Waals surface area contributed by atoms with Crippen molar-refractivity contribution in [3.8, 4) is 0 Å². The predicted octanol–water partition coefficient (Wildman–Crippen LogP) is -0.824. The lowest BCUT2D eigenvalue weighted by Crippen LogP contribution is -2.27. The highest BCUT2D eigenvalue weighted by Crippen LogP contribution is 2.48. The van der Waals surface area contributed by atoms with Crippen molar-refractivity contribution in [2.75, 3.05) is 13.1 Å². The van der Waals surface area contributed by atoms with Crippen molar-refractivity contribution in [3.05, 3.63) is 0 Å². The van der Waals surface area contributed by atoms with Crippen molar-refractivity contribution in [3.63, 3.8) is 0 Å². The van der Waals surface area contributed by atoms with Gasteiger partial charge in [-0.3, -0.25) is 0 Å². The average Bonchev–Trinajstić information content (AvgIpc) is 2.11. The lowest BCUT2D eigenvalue weighted by molar-refractivity contribution is 0.599. The van der Waals surface area contributed by atoms with Crippen LogP contribution in [0.2, 0.25) is 0 Å². The van der Waals surface area contributed by atoms with E-state index in [4.69, 9.17) is 0 Å². The molecule has 4 unspecified atom stereocenters. The molecule has 44 valence electrons. The van der Waals surface area contributed by atoms with E-state index in [1.807, 2.05) is 0 Å². The monoisotopic (exact) mass is 110 g/mol. The van der Waals surface area contributed by atoms with Crippen LogP contribution in [0.5, 0.6) is 0 Å². The summed E-state index contributed by atoms with van der Waals surface area (Å²) < 4.78 is 0. The van der Waals surface area contributed by atoms with Gasteiger partial charge in [-0.2, -0.15) is 0 Å². The molecule has 0 radical (unpaired) electrons. The van der Waals surface area contributed by atoms with Crippen LogP contribution in [0, 0.1) is 11.8 Å². The molecule has 0 amide bonds. The standard InChI is InChI=1S/C6H10N2/c1-3-5-4(7-1)2-8-6(3)5/h3-8H,1-2H2. The van der Waals surface area contributed by atoms with E-state index in [1.54, 1.807) is 0 Å². The normalized spacial score (nSPS) is 66.0. The maximum absolute atomic E-state index is 3.49. The van der Waals surface area contributed by atoms with Crippen molar-refractivity contribution in [2.45, 2.75) is 12.1 Å². The van der Waals surface area contributed by atoms with Gasteiger partial charge in [0.1, 0.15) is 0 Å². The second-order valence-electron chi connectivity index (χ2n) is 3.19. The van der Waals surface area contributed by atoms with Crippen molar-refractivity contribution >= 4 is 0 Å². The quantitative estimate of drug-likeness (QED) is 0.425. The van der Waals surface area contributed by atoms with E-state index in [0.29, 0.717) is 0 Å². The zero-order chi connectivity index (χ0) is 5.14. The van der Waals surface area contributed by atoms with Crippen LogP contribution in [0.4, 0.5) is 0 Å². The number of nitrogens with one attached hydrogen (secondary N) is 2. The maximum Gasteiger partial charge on any atom is 0.0239 e. The van der Waals surface area contributed by atoms with Crippen LogP contribution in [-0.4, -0.2) is 25.2 Å². The number of hydrogen-bond acceptors (Lipinski definition) is 2. The zero-order valence-electron chi connectivity index (χ0n) is 4.72. The fraction of sp³-hybridized carbons (Fsp3) is 1.00. The molecule has 2 N–H and O–H groups in total. The van der Waals surface area contributed by atoms with Gasteiger partial charge in [-0.15, -0.1) is 0 Å². The SMILES string of the molecule is C1NC2C3CNC1C32. The molecule has 1 aliphatic carbocycles. The fourth-order valence-electron chi connectivity index (χ4n) is 2.39. The molecule has 0 spiro atoms. The second kappa shape index (κ2) is 0.957.